The monoisotopic (exact) mass is 200 g/mol. The van der Waals surface area contributed by atoms with Crippen LogP contribution in [-0.4, -0.2) is 42.3 Å². The fourth-order valence-corrected chi connectivity index (χ4v) is 1.66. The highest BCUT2D eigenvalue weighted by Crippen LogP contribution is 2.29. The first-order valence-electron chi connectivity index (χ1n) is 5.62. The molecule has 3 heteroatoms. The molecule has 84 valence electrons. The lowest BCUT2D eigenvalue weighted by Gasteiger charge is -2.23. The third kappa shape index (κ3) is 4.94. The molecule has 14 heavy (non-hydrogen) atoms. The second-order valence-corrected chi connectivity index (χ2v) is 5.12. The molecule has 1 unspecified atom stereocenters. The Morgan fingerprint density at radius 2 is 2.14 bits per heavy atom. The van der Waals surface area contributed by atoms with Crippen LogP contribution < -0.4 is 5.73 Å². The van der Waals surface area contributed by atoms with E-state index in [1.807, 2.05) is 6.92 Å². The average Bonchev–Trinajstić information content (AvgIpc) is 2.88. The van der Waals surface area contributed by atoms with Crippen molar-refractivity contribution in [3.63, 3.8) is 0 Å². The molecule has 0 radical (unpaired) electrons. The number of nitrogens with zero attached hydrogens (tertiary/aromatic N) is 1. The van der Waals surface area contributed by atoms with E-state index in [0.29, 0.717) is 0 Å². The van der Waals surface area contributed by atoms with E-state index in [2.05, 4.69) is 11.9 Å². The van der Waals surface area contributed by atoms with Crippen molar-refractivity contribution in [1.82, 2.24) is 4.90 Å². The van der Waals surface area contributed by atoms with Gasteiger partial charge < -0.3 is 15.7 Å². The Balaban J connectivity index is 2.01. The standard InChI is InChI=1S/C11H24N2O/c1-11(12,9-14)6-3-7-13(2)8-10-4-5-10/h10,14H,3-9,12H2,1-2H3. The summed E-state index contributed by atoms with van der Waals surface area (Å²) in [6.07, 6.45) is 4.81. The summed E-state index contributed by atoms with van der Waals surface area (Å²) in [5.74, 6) is 0.960. The van der Waals surface area contributed by atoms with E-state index in [-0.39, 0.29) is 12.1 Å². The lowest BCUT2D eigenvalue weighted by atomic mass is 9.98. The summed E-state index contributed by atoms with van der Waals surface area (Å²) in [4.78, 5) is 2.38. The summed E-state index contributed by atoms with van der Waals surface area (Å²) in [6.45, 7) is 4.33. The average molecular weight is 200 g/mol. The molecule has 0 bridgehead atoms. The smallest absolute Gasteiger partial charge is 0.0608 e. The molecular formula is C11H24N2O. The first-order chi connectivity index (χ1) is 6.53. The largest absolute Gasteiger partial charge is 0.394 e. The zero-order chi connectivity index (χ0) is 10.6. The molecule has 1 aliphatic rings. The molecule has 1 aliphatic carbocycles. The highest BCUT2D eigenvalue weighted by Gasteiger charge is 2.23. The second-order valence-electron chi connectivity index (χ2n) is 5.12. The summed E-state index contributed by atoms with van der Waals surface area (Å²) in [5.41, 5.74) is 5.46. The lowest BCUT2D eigenvalue weighted by Crippen LogP contribution is -2.40. The van der Waals surface area contributed by atoms with Gasteiger partial charge in [0.25, 0.3) is 0 Å². The van der Waals surface area contributed by atoms with Gasteiger partial charge in [-0.3, -0.25) is 0 Å². The molecule has 3 N–H and O–H groups in total. The van der Waals surface area contributed by atoms with Crippen LogP contribution in [0.3, 0.4) is 0 Å². The van der Waals surface area contributed by atoms with E-state index in [1.54, 1.807) is 0 Å². The van der Waals surface area contributed by atoms with Gasteiger partial charge in [-0.15, -0.1) is 0 Å². The van der Waals surface area contributed by atoms with Crippen molar-refractivity contribution in [3.05, 3.63) is 0 Å². The molecule has 0 aromatic carbocycles. The maximum absolute atomic E-state index is 8.98. The number of aliphatic hydroxyl groups is 1. The predicted octanol–water partition coefficient (Wildman–Crippen LogP) is 0.818. The Bertz CT molecular complexity index is 167. The summed E-state index contributed by atoms with van der Waals surface area (Å²) in [7, 11) is 2.17. The molecule has 0 aromatic rings. The predicted molar refractivity (Wildman–Crippen MR) is 59.1 cm³/mol. The molecule has 1 atom stereocenters. The van der Waals surface area contributed by atoms with Crippen LogP contribution in [0.25, 0.3) is 0 Å². The Hall–Kier alpha value is -0.120. The SMILES string of the molecule is CN(CCCC(C)(N)CO)CC1CC1. The van der Waals surface area contributed by atoms with E-state index in [1.165, 1.54) is 19.4 Å². The van der Waals surface area contributed by atoms with Crippen LogP contribution in [0.1, 0.15) is 32.6 Å². The molecule has 0 aliphatic heterocycles. The number of hydrogen-bond acceptors (Lipinski definition) is 3. The van der Waals surface area contributed by atoms with Crippen LogP contribution in [-0.2, 0) is 0 Å². The lowest BCUT2D eigenvalue weighted by molar-refractivity contribution is 0.191. The maximum Gasteiger partial charge on any atom is 0.0608 e. The molecule has 1 saturated carbocycles. The van der Waals surface area contributed by atoms with Crippen LogP contribution >= 0.6 is 0 Å². The van der Waals surface area contributed by atoms with Crippen LogP contribution in [0.15, 0.2) is 0 Å². The minimum Gasteiger partial charge on any atom is -0.394 e. The fraction of sp³-hybridized carbons (Fsp3) is 1.00. The minimum atomic E-state index is -0.388. The first-order valence-corrected chi connectivity index (χ1v) is 5.62. The summed E-state index contributed by atoms with van der Waals surface area (Å²) in [6, 6.07) is 0. The van der Waals surface area contributed by atoms with Crippen molar-refractivity contribution < 1.29 is 5.11 Å². The molecular weight excluding hydrogens is 176 g/mol. The highest BCUT2D eigenvalue weighted by atomic mass is 16.3. The van der Waals surface area contributed by atoms with Gasteiger partial charge in [0.1, 0.15) is 0 Å². The van der Waals surface area contributed by atoms with Crippen molar-refractivity contribution in [2.75, 3.05) is 26.7 Å². The molecule has 0 spiro atoms. The summed E-state index contributed by atoms with van der Waals surface area (Å²) < 4.78 is 0. The topological polar surface area (TPSA) is 49.5 Å². The van der Waals surface area contributed by atoms with Crippen LogP contribution in [0.4, 0.5) is 0 Å². The van der Waals surface area contributed by atoms with Crippen molar-refractivity contribution in [2.24, 2.45) is 11.7 Å². The molecule has 0 heterocycles. The van der Waals surface area contributed by atoms with Crippen molar-refractivity contribution in [3.8, 4) is 0 Å². The Morgan fingerprint density at radius 3 is 2.64 bits per heavy atom. The molecule has 0 aromatic heterocycles. The molecule has 0 amide bonds. The van der Waals surface area contributed by atoms with Gasteiger partial charge in [0, 0.05) is 12.1 Å². The van der Waals surface area contributed by atoms with Gasteiger partial charge >= 0.3 is 0 Å². The van der Waals surface area contributed by atoms with Crippen LogP contribution in [0.5, 0.6) is 0 Å². The zero-order valence-corrected chi connectivity index (χ0v) is 9.50. The number of hydrogen-bond donors (Lipinski definition) is 2. The van der Waals surface area contributed by atoms with E-state index in [0.717, 1.165) is 25.3 Å². The van der Waals surface area contributed by atoms with E-state index in [4.69, 9.17) is 10.8 Å². The third-order valence-corrected chi connectivity index (χ3v) is 2.92. The zero-order valence-electron chi connectivity index (χ0n) is 9.50. The third-order valence-electron chi connectivity index (χ3n) is 2.92. The van der Waals surface area contributed by atoms with Gasteiger partial charge in [-0.2, -0.15) is 0 Å². The number of rotatable bonds is 7. The van der Waals surface area contributed by atoms with Crippen molar-refractivity contribution in [2.45, 2.75) is 38.1 Å². The van der Waals surface area contributed by atoms with Crippen LogP contribution in [0.2, 0.25) is 0 Å². The van der Waals surface area contributed by atoms with E-state index >= 15 is 0 Å². The Morgan fingerprint density at radius 1 is 1.50 bits per heavy atom. The summed E-state index contributed by atoms with van der Waals surface area (Å²) >= 11 is 0. The molecule has 0 saturated heterocycles. The number of aliphatic hydroxyl groups excluding tert-OH is 1. The van der Waals surface area contributed by atoms with Gasteiger partial charge in [0.15, 0.2) is 0 Å². The second kappa shape index (κ2) is 5.10. The summed E-state index contributed by atoms with van der Waals surface area (Å²) in [5, 5.41) is 8.98. The van der Waals surface area contributed by atoms with Crippen molar-refractivity contribution >= 4 is 0 Å². The van der Waals surface area contributed by atoms with Gasteiger partial charge in [-0.25, -0.2) is 0 Å². The van der Waals surface area contributed by atoms with Gasteiger partial charge in [-0.05, 0) is 52.1 Å². The minimum absolute atomic E-state index is 0.0827. The van der Waals surface area contributed by atoms with Crippen molar-refractivity contribution in [1.29, 1.82) is 0 Å². The quantitative estimate of drug-likeness (QED) is 0.639. The first kappa shape index (κ1) is 12.0. The van der Waals surface area contributed by atoms with Crippen LogP contribution in [0, 0.1) is 5.92 Å². The molecule has 3 nitrogen and oxygen atoms in total. The molecule has 1 rings (SSSR count). The Kier molecular flexibility index (Phi) is 4.35. The Labute approximate surface area is 87.3 Å². The van der Waals surface area contributed by atoms with Gasteiger partial charge in [-0.1, -0.05) is 0 Å². The van der Waals surface area contributed by atoms with Gasteiger partial charge in [0.05, 0.1) is 6.61 Å². The maximum atomic E-state index is 8.98. The fourth-order valence-electron chi connectivity index (χ4n) is 1.66. The normalized spacial score (nSPS) is 21.2. The molecule has 1 fully saturated rings. The highest BCUT2D eigenvalue weighted by molar-refractivity contribution is 4.79. The van der Waals surface area contributed by atoms with Gasteiger partial charge in [0.2, 0.25) is 0 Å². The van der Waals surface area contributed by atoms with E-state index in [9.17, 15) is 0 Å². The number of nitrogens with two attached hydrogens (primary N) is 1. The van der Waals surface area contributed by atoms with E-state index < -0.39 is 0 Å².